The highest BCUT2D eigenvalue weighted by Gasteiger charge is 2.18. The Balaban J connectivity index is 2.22. The largest absolute Gasteiger partial charge is 0.453 e. The van der Waals surface area contributed by atoms with Crippen molar-refractivity contribution in [3.63, 3.8) is 0 Å². The lowest BCUT2D eigenvalue weighted by Crippen LogP contribution is -2.25. The molecule has 0 fully saturated rings. The van der Waals surface area contributed by atoms with Crippen LogP contribution in [0.5, 0.6) is 0 Å². The van der Waals surface area contributed by atoms with E-state index in [0.717, 1.165) is 0 Å². The molecule has 0 spiro atoms. The molecule has 0 bridgehead atoms. The number of halogens is 2. The van der Waals surface area contributed by atoms with Crippen LogP contribution in [0.15, 0.2) is 27.8 Å². The van der Waals surface area contributed by atoms with E-state index in [1.165, 1.54) is 25.3 Å². The number of hydrogen-bond donors (Lipinski definition) is 3. The van der Waals surface area contributed by atoms with E-state index in [1.54, 1.807) is 0 Å². The van der Waals surface area contributed by atoms with Crippen molar-refractivity contribution in [2.75, 3.05) is 19.2 Å². The van der Waals surface area contributed by atoms with Crippen molar-refractivity contribution in [3.05, 3.63) is 40.4 Å². The summed E-state index contributed by atoms with van der Waals surface area (Å²) in [6, 6.07) is 3.93. The number of amides is 1. The van der Waals surface area contributed by atoms with E-state index in [1.807, 2.05) is 0 Å². The molecule has 0 aliphatic heterocycles. The van der Waals surface area contributed by atoms with Gasteiger partial charge in [0.15, 0.2) is 11.5 Å². The summed E-state index contributed by atoms with van der Waals surface area (Å²) in [6.45, 7) is -0.588. The first-order chi connectivity index (χ1) is 11.5. The van der Waals surface area contributed by atoms with Crippen LogP contribution in [0.3, 0.4) is 0 Å². The monoisotopic (exact) mass is 357 g/mol. The summed E-state index contributed by atoms with van der Waals surface area (Å²) in [7, 11) is 1.22. The maximum Gasteiger partial charge on any atom is 0.407 e. The second kappa shape index (κ2) is 8.22. The van der Waals surface area contributed by atoms with Crippen LogP contribution < -0.4 is 10.6 Å². The number of carbonyl (C=O) groups excluding carboxylic acids is 1. The number of aliphatic imine (C=N–C) groups is 1. The lowest BCUT2D eigenvalue weighted by molar-refractivity contribution is 0.170. The highest BCUT2D eigenvalue weighted by Crippen LogP contribution is 2.20. The summed E-state index contributed by atoms with van der Waals surface area (Å²) in [6.07, 6.45) is -0.664. The zero-order valence-electron chi connectivity index (χ0n) is 12.4. The number of amidine groups is 1. The Hall–Kier alpha value is -2.72. The molecule has 2 aromatic rings. The molecule has 1 heterocycles. The second-order valence-electron chi connectivity index (χ2n) is 4.31. The predicted molar refractivity (Wildman–Crippen MR) is 82.2 cm³/mol. The summed E-state index contributed by atoms with van der Waals surface area (Å²) in [5.74, 6) is -0.475. The first-order valence-electron chi connectivity index (χ1n) is 6.56. The molecule has 1 aromatic heterocycles. The molecule has 24 heavy (non-hydrogen) atoms. The maximum atomic E-state index is 13.2. The molecule has 2 rings (SSSR count). The average molecular weight is 358 g/mol. The van der Waals surface area contributed by atoms with Crippen molar-refractivity contribution in [1.82, 2.24) is 15.6 Å². The number of carbonyl (C=O) groups is 1. The highest BCUT2D eigenvalue weighted by atomic mass is 35.5. The van der Waals surface area contributed by atoms with Gasteiger partial charge in [-0.3, -0.25) is 0 Å². The van der Waals surface area contributed by atoms with Gasteiger partial charge in [-0.15, -0.1) is 0 Å². The molecule has 128 valence electrons. The molecule has 1 aromatic carbocycles. The molecule has 0 atom stereocenters. The molecule has 3 N–H and O–H groups in total. The summed E-state index contributed by atoms with van der Waals surface area (Å²) in [5.41, 5.74) is 0.803. The van der Waals surface area contributed by atoms with Crippen molar-refractivity contribution < 1.29 is 23.7 Å². The number of rotatable bonds is 5. The topological polar surface area (TPSA) is 122 Å². The highest BCUT2D eigenvalue weighted by molar-refractivity contribution is 6.31. The van der Waals surface area contributed by atoms with Crippen LogP contribution in [0, 0.1) is 5.82 Å². The Bertz CT molecular complexity index is 752. The summed E-state index contributed by atoms with van der Waals surface area (Å²) in [5, 5.41) is 21.6. The smallest absolute Gasteiger partial charge is 0.407 e. The molecule has 0 radical (unpaired) electrons. The van der Waals surface area contributed by atoms with E-state index in [2.05, 4.69) is 35.3 Å². The Kier molecular flexibility index (Phi) is 6.04. The second-order valence-corrected chi connectivity index (χ2v) is 4.71. The quantitative estimate of drug-likeness (QED) is 0.547. The number of aliphatic hydroxyl groups is 1. The van der Waals surface area contributed by atoms with Crippen molar-refractivity contribution in [2.24, 2.45) is 4.99 Å². The van der Waals surface area contributed by atoms with Gasteiger partial charge in [0.2, 0.25) is 0 Å². The van der Waals surface area contributed by atoms with Gasteiger partial charge in [0.25, 0.3) is 0 Å². The normalized spacial score (nSPS) is 11.2. The number of aliphatic hydroxyl groups excluding tert-OH is 1. The fraction of sp³-hybridized carbons (Fsp3) is 0.231. The van der Waals surface area contributed by atoms with Gasteiger partial charge in [-0.1, -0.05) is 16.8 Å². The third-order valence-corrected chi connectivity index (χ3v) is 3.07. The average Bonchev–Trinajstić information content (AvgIpc) is 3.04. The van der Waals surface area contributed by atoms with Gasteiger partial charge in [0.05, 0.1) is 18.7 Å². The van der Waals surface area contributed by atoms with Crippen molar-refractivity contribution in [1.29, 1.82) is 0 Å². The molecular weight excluding hydrogens is 345 g/mol. The first kappa shape index (κ1) is 17.6. The third kappa shape index (κ3) is 4.40. The van der Waals surface area contributed by atoms with E-state index in [9.17, 15) is 9.18 Å². The van der Waals surface area contributed by atoms with Crippen LogP contribution in [-0.4, -0.2) is 41.2 Å². The number of ether oxygens (including phenoxy) is 1. The van der Waals surface area contributed by atoms with E-state index < -0.39 is 18.6 Å². The van der Waals surface area contributed by atoms with Crippen LogP contribution in [-0.2, 0) is 11.3 Å². The van der Waals surface area contributed by atoms with Crippen LogP contribution in [0.2, 0.25) is 5.02 Å². The van der Waals surface area contributed by atoms with E-state index in [0.29, 0.717) is 5.69 Å². The number of alkyl carbamates (subject to hydrolysis) is 1. The van der Waals surface area contributed by atoms with Crippen LogP contribution in [0.25, 0.3) is 0 Å². The Morgan fingerprint density at radius 3 is 2.96 bits per heavy atom. The maximum absolute atomic E-state index is 13.2. The SMILES string of the molecule is COC(=O)NCc1nonc1/C(=N/CO)Nc1ccc(F)c(Cl)c1. The minimum Gasteiger partial charge on any atom is -0.453 e. The molecule has 0 aliphatic carbocycles. The molecule has 0 saturated heterocycles. The van der Waals surface area contributed by atoms with Gasteiger partial charge in [-0.2, -0.15) is 0 Å². The van der Waals surface area contributed by atoms with Gasteiger partial charge in [0.1, 0.15) is 18.2 Å². The number of nitrogens with zero attached hydrogens (tertiary/aromatic N) is 3. The van der Waals surface area contributed by atoms with Gasteiger partial charge in [-0.05, 0) is 23.4 Å². The number of anilines is 1. The summed E-state index contributed by atoms with van der Waals surface area (Å²) in [4.78, 5) is 15.0. The Labute approximate surface area is 140 Å². The minimum absolute atomic E-state index is 0.0399. The number of benzene rings is 1. The fourth-order valence-corrected chi connectivity index (χ4v) is 1.87. The molecular formula is C13H13ClFN5O4. The molecule has 0 aliphatic rings. The van der Waals surface area contributed by atoms with Gasteiger partial charge in [0, 0.05) is 5.69 Å². The zero-order chi connectivity index (χ0) is 17.5. The standard InChI is InChI=1S/C13H13ClFN5O4/c1-23-13(22)16-5-10-11(20-24-19-10)12(17-6-21)18-7-2-3-9(15)8(14)4-7/h2-4,21H,5-6H2,1H3,(H,16,22)(H,17,18). The van der Waals surface area contributed by atoms with Gasteiger partial charge < -0.3 is 20.5 Å². The number of hydrogen-bond acceptors (Lipinski definition) is 7. The third-order valence-electron chi connectivity index (χ3n) is 2.78. The van der Waals surface area contributed by atoms with E-state index in [4.69, 9.17) is 16.7 Å². The van der Waals surface area contributed by atoms with E-state index >= 15 is 0 Å². The fourth-order valence-electron chi connectivity index (χ4n) is 1.69. The van der Waals surface area contributed by atoms with Crippen molar-refractivity contribution in [2.45, 2.75) is 6.54 Å². The van der Waals surface area contributed by atoms with Crippen LogP contribution in [0.1, 0.15) is 11.4 Å². The molecule has 9 nitrogen and oxygen atoms in total. The number of nitrogens with one attached hydrogen (secondary N) is 2. The van der Waals surface area contributed by atoms with Crippen molar-refractivity contribution >= 4 is 29.2 Å². The van der Waals surface area contributed by atoms with Crippen LogP contribution >= 0.6 is 11.6 Å². The molecule has 0 unspecified atom stereocenters. The van der Waals surface area contributed by atoms with Crippen molar-refractivity contribution in [3.8, 4) is 0 Å². The van der Waals surface area contributed by atoms with Gasteiger partial charge >= 0.3 is 6.09 Å². The van der Waals surface area contributed by atoms with Gasteiger partial charge in [-0.25, -0.2) is 18.8 Å². The van der Waals surface area contributed by atoms with E-state index in [-0.39, 0.29) is 28.8 Å². The summed E-state index contributed by atoms with van der Waals surface area (Å²) < 4.78 is 22.3. The lowest BCUT2D eigenvalue weighted by Gasteiger charge is -2.09. The number of aromatic nitrogens is 2. The Morgan fingerprint density at radius 2 is 2.29 bits per heavy atom. The molecule has 0 saturated carbocycles. The number of methoxy groups -OCH3 is 1. The Morgan fingerprint density at radius 1 is 1.50 bits per heavy atom. The molecule has 1 amide bonds. The minimum atomic E-state index is -0.664. The molecule has 11 heteroatoms. The first-order valence-corrected chi connectivity index (χ1v) is 6.94. The zero-order valence-corrected chi connectivity index (χ0v) is 13.2. The van der Waals surface area contributed by atoms with Crippen LogP contribution in [0.4, 0.5) is 14.9 Å². The lowest BCUT2D eigenvalue weighted by atomic mass is 10.2. The predicted octanol–water partition coefficient (Wildman–Crippen LogP) is 1.53. The summed E-state index contributed by atoms with van der Waals surface area (Å²) >= 11 is 5.72.